The van der Waals surface area contributed by atoms with E-state index in [4.69, 9.17) is 23.2 Å². The highest BCUT2D eigenvalue weighted by Crippen LogP contribution is 2.33. The Balaban J connectivity index is 2.14. The molecule has 2 aromatic heterocycles. The molecular weight excluding hydrogens is 305 g/mol. The maximum atomic E-state index is 6.32. The zero-order valence-corrected chi connectivity index (χ0v) is 12.3. The Hall–Kier alpha value is -2.10. The summed E-state index contributed by atoms with van der Waals surface area (Å²) < 4.78 is 1.99. The SMILES string of the molecule is Clc1cccc(-c2nnc3ccc4ccccc4n23)c1Cl. The van der Waals surface area contributed by atoms with Crippen LogP contribution in [0.15, 0.2) is 54.6 Å². The van der Waals surface area contributed by atoms with Gasteiger partial charge >= 0.3 is 0 Å². The van der Waals surface area contributed by atoms with Crippen molar-refractivity contribution >= 4 is 39.8 Å². The van der Waals surface area contributed by atoms with Gasteiger partial charge in [-0.2, -0.15) is 0 Å². The average molecular weight is 314 g/mol. The second-order valence-electron chi connectivity index (χ2n) is 4.71. The van der Waals surface area contributed by atoms with Crippen molar-refractivity contribution in [1.29, 1.82) is 0 Å². The van der Waals surface area contributed by atoms with Crippen LogP contribution < -0.4 is 0 Å². The van der Waals surface area contributed by atoms with Crippen LogP contribution in [0.5, 0.6) is 0 Å². The van der Waals surface area contributed by atoms with Crippen molar-refractivity contribution in [3.8, 4) is 11.4 Å². The lowest BCUT2D eigenvalue weighted by atomic mass is 10.2. The second-order valence-corrected chi connectivity index (χ2v) is 5.50. The lowest BCUT2D eigenvalue weighted by Gasteiger charge is -2.07. The van der Waals surface area contributed by atoms with E-state index in [9.17, 15) is 0 Å². The van der Waals surface area contributed by atoms with Crippen molar-refractivity contribution in [3.05, 3.63) is 64.6 Å². The van der Waals surface area contributed by atoms with Gasteiger partial charge in [-0.15, -0.1) is 10.2 Å². The van der Waals surface area contributed by atoms with E-state index in [-0.39, 0.29) is 0 Å². The highest BCUT2D eigenvalue weighted by atomic mass is 35.5. The molecule has 2 aromatic carbocycles. The van der Waals surface area contributed by atoms with Crippen molar-refractivity contribution in [1.82, 2.24) is 14.6 Å². The standard InChI is InChI=1S/C16H9Cl2N3/c17-12-6-3-5-11(15(12)18)16-20-19-14-9-8-10-4-1-2-7-13(10)21(14)16/h1-9H. The van der Waals surface area contributed by atoms with Gasteiger partial charge in [0.25, 0.3) is 0 Å². The summed E-state index contributed by atoms with van der Waals surface area (Å²) in [6.07, 6.45) is 0. The maximum absolute atomic E-state index is 6.32. The fourth-order valence-electron chi connectivity index (χ4n) is 2.49. The monoisotopic (exact) mass is 313 g/mol. The van der Waals surface area contributed by atoms with Crippen molar-refractivity contribution in [2.75, 3.05) is 0 Å². The van der Waals surface area contributed by atoms with Gasteiger partial charge in [0.2, 0.25) is 0 Å². The van der Waals surface area contributed by atoms with E-state index in [1.165, 1.54) is 0 Å². The largest absolute Gasteiger partial charge is 0.275 e. The number of pyridine rings is 1. The van der Waals surface area contributed by atoms with Gasteiger partial charge in [-0.1, -0.05) is 47.5 Å². The number of aromatic nitrogens is 3. The number of rotatable bonds is 1. The summed E-state index contributed by atoms with van der Waals surface area (Å²) in [6, 6.07) is 17.6. The van der Waals surface area contributed by atoms with Gasteiger partial charge in [0, 0.05) is 5.56 Å². The molecule has 5 heteroatoms. The molecule has 0 aliphatic heterocycles. The van der Waals surface area contributed by atoms with Gasteiger partial charge in [-0.3, -0.25) is 4.40 Å². The van der Waals surface area contributed by atoms with E-state index in [1.54, 1.807) is 6.07 Å². The highest BCUT2D eigenvalue weighted by molar-refractivity contribution is 6.43. The zero-order chi connectivity index (χ0) is 14.4. The quantitative estimate of drug-likeness (QED) is 0.502. The smallest absolute Gasteiger partial charge is 0.170 e. The molecule has 4 aromatic rings. The van der Waals surface area contributed by atoms with Gasteiger partial charge in [0.15, 0.2) is 11.5 Å². The van der Waals surface area contributed by atoms with Crippen LogP contribution in [-0.2, 0) is 0 Å². The summed E-state index contributed by atoms with van der Waals surface area (Å²) in [5, 5.41) is 10.6. The molecule has 0 amide bonds. The van der Waals surface area contributed by atoms with E-state index >= 15 is 0 Å². The first kappa shape index (κ1) is 12.6. The molecule has 3 nitrogen and oxygen atoms in total. The number of fused-ring (bicyclic) bond motifs is 3. The summed E-state index contributed by atoms with van der Waals surface area (Å²) >= 11 is 12.4. The lowest BCUT2D eigenvalue weighted by Crippen LogP contribution is -1.92. The van der Waals surface area contributed by atoms with Crippen molar-refractivity contribution < 1.29 is 0 Å². The van der Waals surface area contributed by atoms with Crippen LogP contribution in [-0.4, -0.2) is 14.6 Å². The summed E-state index contributed by atoms with van der Waals surface area (Å²) in [5.74, 6) is 0.689. The van der Waals surface area contributed by atoms with E-state index < -0.39 is 0 Å². The van der Waals surface area contributed by atoms with E-state index in [0.717, 1.165) is 22.1 Å². The Labute approximate surface area is 130 Å². The number of benzene rings is 2. The molecule has 0 aliphatic carbocycles. The third kappa shape index (κ3) is 1.89. The molecule has 0 saturated carbocycles. The number of hydrogen-bond donors (Lipinski definition) is 0. The third-order valence-corrected chi connectivity index (χ3v) is 4.29. The van der Waals surface area contributed by atoms with E-state index in [2.05, 4.69) is 16.3 Å². The first-order valence-corrected chi connectivity index (χ1v) is 7.18. The number of nitrogens with zero attached hydrogens (tertiary/aromatic N) is 3. The summed E-state index contributed by atoms with van der Waals surface area (Å²) in [6.45, 7) is 0. The van der Waals surface area contributed by atoms with Gasteiger partial charge in [-0.25, -0.2) is 0 Å². The topological polar surface area (TPSA) is 30.2 Å². The molecular formula is C16H9Cl2N3. The lowest BCUT2D eigenvalue weighted by molar-refractivity contribution is 1.12. The molecule has 0 saturated heterocycles. The summed E-state index contributed by atoms with van der Waals surface area (Å²) in [7, 11) is 0. The van der Waals surface area contributed by atoms with Crippen LogP contribution in [0.25, 0.3) is 27.9 Å². The third-order valence-electron chi connectivity index (χ3n) is 3.47. The minimum absolute atomic E-state index is 0.487. The summed E-state index contributed by atoms with van der Waals surface area (Å²) in [4.78, 5) is 0. The molecule has 0 atom stereocenters. The van der Waals surface area contributed by atoms with Crippen LogP contribution in [0.3, 0.4) is 0 Å². The van der Waals surface area contributed by atoms with Crippen molar-refractivity contribution in [3.63, 3.8) is 0 Å². The molecule has 21 heavy (non-hydrogen) atoms. The molecule has 2 heterocycles. The number of hydrogen-bond acceptors (Lipinski definition) is 2. The van der Waals surface area contributed by atoms with Crippen LogP contribution in [0.4, 0.5) is 0 Å². The zero-order valence-electron chi connectivity index (χ0n) is 10.8. The Kier molecular flexibility index (Phi) is 2.84. The first-order valence-electron chi connectivity index (χ1n) is 6.43. The van der Waals surface area contributed by atoms with Gasteiger partial charge < -0.3 is 0 Å². The molecule has 102 valence electrons. The molecule has 0 radical (unpaired) electrons. The minimum atomic E-state index is 0.487. The molecule has 0 fully saturated rings. The van der Waals surface area contributed by atoms with Gasteiger partial charge in [0.1, 0.15) is 0 Å². The molecule has 0 unspecified atom stereocenters. The summed E-state index contributed by atoms with van der Waals surface area (Å²) in [5.41, 5.74) is 2.58. The predicted octanol–water partition coefficient (Wildman–Crippen LogP) is 4.86. The fourth-order valence-corrected chi connectivity index (χ4v) is 2.87. The van der Waals surface area contributed by atoms with Crippen molar-refractivity contribution in [2.45, 2.75) is 0 Å². The van der Waals surface area contributed by atoms with E-state index in [1.807, 2.05) is 46.9 Å². The Morgan fingerprint density at radius 2 is 1.67 bits per heavy atom. The van der Waals surface area contributed by atoms with Crippen molar-refractivity contribution in [2.24, 2.45) is 0 Å². The Bertz CT molecular complexity index is 976. The minimum Gasteiger partial charge on any atom is -0.275 e. The van der Waals surface area contributed by atoms with Gasteiger partial charge in [-0.05, 0) is 35.7 Å². The van der Waals surface area contributed by atoms with Crippen LogP contribution >= 0.6 is 23.2 Å². The number of halogens is 2. The van der Waals surface area contributed by atoms with E-state index in [0.29, 0.717) is 15.9 Å². The Morgan fingerprint density at radius 1 is 0.810 bits per heavy atom. The molecule has 0 bridgehead atoms. The number of para-hydroxylation sites is 1. The van der Waals surface area contributed by atoms with Crippen LogP contribution in [0.2, 0.25) is 10.0 Å². The average Bonchev–Trinajstić information content (AvgIpc) is 2.94. The second kappa shape index (κ2) is 4.72. The Morgan fingerprint density at radius 3 is 2.57 bits per heavy atom. The van der Waals surface area contributed by atoms with Crippen LogP contribution in [0, 0.1) is 0 Å². The molecule has 0 N–H and O–H groups in total. The predicted molar refractivity (Wildman–Crippen MR) is 85.9 cm³/mol. The molecule has 4 rings (SSSR count). The molecule has 0 spiro atoms. The molecule has 0 aliphatic rings. The van der Waals surface area contributed by atoms with Crippen LogP contribution in [0.1, 0.15) is 0 Å². The fraction of sp³-hybridized carbons (Fsp3) is 0. The highest BCUT2D eigenvalue weighted by Gasteiger charge is 2.14. The normalized spacial score (nSPS) is 11.3. The maximum Gasteiger partial charge on any atom is 0.170 e. The first-order chi connectivity index (χ1) is 10.3. The van der Waals surface area contributed by atoms with Gasteiger partial charge in [0.05, 0.1) is 15.6 Å².